The standard InChI is InChI=1S/C8H14N4O2S/c1-5(7(4-13)15-2)10-8(14)6-3-9-12-11-6/h3,5,7,13H,4H2,1-2H3,(H,10,14)(H,9,11,12). The molecule has 1 heterocycles. The Morgan fingerprint density at radius 2 is 2.53 bits per heavy atom. The molecule has 1 amide bonds. The Balaban J connectivity index is 2.51. The highest BCUT2D eigenvalue weighted by atomic mass is 32.2. The SMILES string of the molecule is CSC(CO)C(C)NC(=O)c1cn[nH]n1. The number of hydrogen-bond acceptors (Lipinski definition) is 5. The van der Waals surface area contributed by atoms with Crippen LogP contribution in [0.1, 0.15) is 17.4 Å². The second-order valence-electron chi connectivity index (χ2n) is 3.07. The van der Waals surface area contributed by atoms with E-state index in [-0.39, 0.29) is 29.5 Å². The largest absolute Gasteiger partial charge is 0.395 e. The summed E-state index contributed by atoms with van der Waals surface area (Å²) in [5, 5.41) is 21.3. The third-order valence-electron chi connectivity index (χ3n) is 2.05. The molecule has 84 valence electrons. The van der Waals surface area contributed by atoms with Gasteiger partial charge in [0.05, 0.1) is 12.8 Å². The third-order valence-corrected chi connectivity index (χ3v) is 3.21. The van der Waals surface area contributed by atoms with Crippen molar-refractivity contribution in [2.45, 2.75) is 18.2 Å². The molecule has 6 nitrogen and oxygen atoms in total. The zero-order chi connectivity index (χ0) is 11.3. The molecular formula is C8H14N4O2S. The summed E-state index contributed by atoms with van der Waals surface area (Å²) in [6.07, 6.45) is 3.24. The molecule has 1 aromatic heterocycles. The topological polar surface area (TPSA) is 90.9 Å². The maximum atomic E-state index is 11.5. The van der Waals surface area contributed by atoms with Crippen molar-refractivity contribution < 1.29 is 9.90 Å². The first-order valence-electron chi connectivity index (χ1n) is 4.49. The summed E-state index contributed by atoms with van der Waals surface area (Å²) in [6, 6.07) is -0.116. The fourth-order valence-electron chi connectivity index (χ4n) is 1.12. The molecule has 3 N–H and O–H groups in total. The highest BCUT2D eigenvalue weighted by Crippen LogP contribution is 2.10. The van der Waals surface area contributed by atoms with Gasteiger partial charge in [0.15, 0.2) is 5.69 Å². The molecule has 0 aliphatic carbocycles. The lowest BCUT2D eigenvalue weighted by atomic mass is 10.2. The van der Waals surface area contributed by atoms with E-state index in [1.165, 1.54) is 18.0 Å². The van der Waals surface area contributed by atoms with Crippen LogP contribution in [0.2, 0.25) is 0 Å². The smallest absolute Gasteiger partial charge is 0.273 e. The molecule has 0 spiro atoms. The number of amides is 1. The molecule has 1 rings (SSSR count). The molecule has 0 aliphatic heterocycles. The number of nitrogens with one attached hydrogen (secondary N) is 2. The van der Waals surface area contributed by atoms with Crippen LogP contribution in [-0.2, 0) is 0 Å². The van der Waals surface area contributed by atoms with Crippen molar-refractivity contribution in [3.05, 3.63) is 11.9 Å². The fourth-order valence-corrected chi connectivity index (χ4v) is 1.75. The number of rotatable bonds is 5. The summed E-state index contributed by atoms with van der Waals surface area (Å²) in [5.74, 6) is -0.288. The van der Waals surface area contributed by atoms with Crippen LogP contribution < -0.4 is 5.32 Å². The van der Waals surface area contributed by atoms with Gasteiger partial charge in [0, 0.05) is 11.3 Å². The van der Waals surface area contributed by atoms with Gasteiger partial charge >= 0.3 is 0 Å². The Morgan fingerprint density at radius 1 is 1.80 bits per heavy atom. The third kappa shape index (κ3) is 3.21. The molecule has 15 heavy (non-hydrogen) atoms. The zero-order valence-electron chi connectivity index (χ0n) is 8.60. The second kappa shape index (κ2) is 5.72. The Hall–Kier alpha value is -1.08. The summed E-state index contributed by atoms with van der Waals surface area (Å²) >= 11 is 1.51. The van der Waals surface area contributed by atoms with Gasteiger partial charge in [-0.1, -0.05) is 0 Å². The average Bonchev–Trinajstić information content (AvgIpc) is 2.72. The van der Waals surface area contributed by atoms with Crippen LogP contribution in [0.25, 0.3) is 0 Å². The van der Waals surface area contributed by atoms with E-state index in [4.69, 9.17) is 5.11 Å². The first kappa shape index (κ1) is 12.0. The molecule has 0 bridgehead atoms. The van der Waals surface area contributed by atoms with Crippen molar-refractivity contribution in [2.24, 2.45) is 0 Å². The minimum atomic E-state index is -0.288. The molecule has 0 aromatic carbocycles. The lowest BCUT2D eigenvalue weighted by Crippen LogP contribution is -2.41. The lowest BCUT2D eigenvalue weighted by Gasteiger charge is -2.20. The van der Waals surface area contributed by atoms with E-state index in [1.807, 2.05) is 13.2 Å². The average molecular weight is 230 g/mol. The van der Waals surface area contributed by atoms with Gasteiger partial charge in [0.25, 0.3) is 5.91 Å². The van der Waals surface area contributed by atoms with E-state index >= 15 is 0 Å². The van der Waals surface area contributed by atoms with Crippen LogP contribution in [-0.4, -0.2) is 50.6 Å². The maximum absolute atomic E-state index is 11.5. The molecule has 0 radical (unpaired) electrons. The second-order valence-corrected chi connectivity index (χ2v) is 4.15. The highest BCUT2D eigenvalue weighted by molar-refractivity contribution is 7.99. The summed E-state index contributed by atoms with van der Waals surface area (Å²) in [5.41, 5.74) is 0.250. The van der Waals surface area contributed by atoms with Crippen molar-refractivity contribution in [2.75, 3.05) is 12.9 Å². The van der Waals surface area contributed by atoms with E-state index in [1.54, 1.807) is 0 Å². The molecule has 0 aliphatic rings. The summed E-state index contributed by atoms with van der Waals surface area (Å²) in [4.78, 5) is 11.5. The Bertz CT molecular complexity index is 300. The minimum absolute atomic E-state index is 0.0131. The van der Waals surface area contributed by atoms with Crippen LogP contribution in [0.3, 0.4) is 0 Å². The van der Waals surface area contributed by atoms with E-state index in [0.29, 0.717) is 0 Å². The van der Waals surface area contributed by atoms with Crippen LogP contribution in [0.5, 0.6) is 0 Å². The zero-order valence-corrected chi connectivity index (χ0v) is 9.41. The van der Waals surface area contributed by atoms with Crippen molar-refractivity contribution in [3.63, 3.8) is 0 Å². The minimum Gasteiger partial charge on any atom is -0.395 e. The number of hydrogen-bond donors (Lipinski definition) is 3. The van der Waals surface area contributed by atoms with Crippen molar-refractivity contribution in [3.8, 4) is 0 Å². The first-order valence-corrected chi connectivity index (χ1v) is 5.78. The first-order chi connectivity index (χ1) is 7.19. The molecule has 2 atom stereocenters. The van der Waals surface area contributed by atoms with Gasteiger partial charge in [-0.15, -0.1) is 0 Å². The number of H-pyrrole nitrogens is 1. The summed E-state index contributed by atoms with van der Waals surface area (Å²) in [6.45, 7) is 1.87. The monoisotopic (exact) mass is 230 g/mol. The number of carbonyl (C=O) groups is 1. The molecule has 0 saturated carbocycles. The fraction of sp³-hybridized carbons (Fsp3) is 0.625. The number of nitrogens with zero attached hydrogens (tertiary/aromatic N) is 2. The number of carbonyl (C=O) groups excluding carboxylic acids is 1. The quantitative estimate of drug-likeness (QED) is 0.643. The van der Waals surface area contributed by atoms with E-state index in [9.17, 15) is 4.79 Å². The van der Waals surface area contributed by atoms with Crippen LogP contribution in [0, 0.1) is 0 Å². The van der Waals surface area contributed by atoms with Crippen molar-refractivity contribution in [1.29, 1.82) is 0 Å². The van der Waals surface area contributed by atoms with E-state index in [0.717, 1.165) is 0 Å². The summed E-state index contributed by atoms with van der Waals surface area (Å²) in [7, 11) is 0. The maximum Gasteiger partial charge on any atom is 0.273 e. The van der Waals surface area contributed by atoms with Crippen LogP contribution >= 0.6 is 11.8 Å². The Labute approximate surface area is 91.8 Å². The number of aliphatic hydroxyl groups is 1. The van der Waals surface area contributed by atoms with E-state index < -0.39 is 0 Å². The van der Waals surface area contributed by atoms with E-state index in [2.05, 4.69) is 20.7 Å². The molecule has 7 heteroatoms. The molecular weight excluding hydrogens is 216 g/mol. The summed E-state index contributed by atoms with van der Waals surface area (Å²) < 4.78 is 0. The normalized spacial score (nSPS) is 14.6. The Morgan fingerprint density at radius 3 is 3.00 bits per heavy atom. The van der Waals surface area contributed by atoms with Crippen LogP contribution in [0.4, 0.5) is 0 Å². The van der Waals surface area contributed by atoms with Crippen LogP contribution in [0.15, 0.2) is 6.20 Å². The highest BCUT2D eigenvalue weighted by Gasteiger charge is 2.19. The predicted octanol–water partition coefficient (Wildman–Crippen LogP) is -0.353. The molecule has 0 saturated heterocycles. The number of thioether (sulfide) groups is 1. The van der Waals surface area contributed by atoms with Gasteiger partial charge in [-0.2, -0.15) is 27.2 Å². The van der Waals surface area contributed by atoms with Gasteiger partial charge in [0.2, 0.25) is 0 Å². The number of aromatic nitrogens is 3. The Kier molecular flexibility index (Phi) is 4.57. The van der Waals surface area contributed by atoms with Gasteiger partial charge < -0.3 is 10.4 Å². The van der Waals surface area contributed by atoms with Crippen molar-refractivity contribution >= 4 is 17.7 Å². The molecule has 1 aromatic rings. The van der Waals surface area contributed by atoms with Gasteiger partial charge in [-0.25, -0.2) is 0 Å². The predicted molar refractivity (Wildman–Crippen MR) is 57.7 cm³/mol. The molecule has 2 unspecified atom stereocenters. The van der Waals surface area contributed by atoms with Gasteiger partial charge in [-0.3, -0.25) is 4.79 Å². The van der Waals surface area contributed by atoms with Gasteiger partial charge in [0.1, 0.15) is 0 Å². The van der Waals surface area contributed by atoms with Crippen molar-refractivity contribution in [1.82, 2.24) is 20.7 Å². The lowest BCUT2D eigenvalue weighted by molar-refractivity contribution is 0.0931. The number of aromatic amines is 1. The molecule has 0 fully saturated rings. The number of aliphatic hydroxyl groups excluding tert-OH is 1. The van der Waals surface area contributed by atoms with Gasteiger partial charge in [-0.05, 0) is 13.2 Å².